The highest BCUT2D eigenvalue weighted by molar-refractivity contribution is 7.09. The van der Waals surface area contributed by atoms with Crippen molar-refractivity contribution in [2.24, 2.45) is 0 Å². The summed E-state index contributed by atoms with van der Waals surface area (Å²) < 4.78 is 0. The monoisotopic (exact) mass is 344 g/mol. The Morgan fingerprint density at radius 3 is 2.80 bits per heavy atom. The van der Waals surface area contributed by atoms with Gasteiger partial charge >= 0.3 is 0 Å². The Bertz CT molecular complexity index is 946. The fourth-order valence-electron chi connectivity index (χ4n) is 3.25. The van der Waals surface area contributed by atoms with Crippen molar-refractivity contribution >= 4 is 11.3 Å². The highest BCUT2D eigenvalue weighted by Crippen LogP contribution is 2.20. The molecule has 0 amide bonds. The standard InChI is InChI=1S/C22H20N2S/c1-17-23-22(16-25-17)10-9-18-5-4-6-19(13-18)14-24-12-11-20-7-2-3-8-21(20)15-24/h2-8,13,16H,11-12,14-15H2,1H3. The second-order valence-electron chi connectivity index (χ2n) is 6.43. The lowest BCUT2D eigenvalue weighted by Crippen LogP contribution is -2.29. The van der Waals surface area contributed by atoms with Gasteiger partial charge in [-0.2, -0.15) is 0 Å². The maximum absolute atomic E-state index is 4.40. The number of hydrogen-bond donors (Lipinski definition) is 0. The first-order valence-corrected chi connectivity index (χ1v) is 9.46. The van der Waals surface area contributed by atoms with E-state index in [1.807, 2.05) is 12.3 Å². The number of benzene rings is 2. The molecule has 0 radical (unpaired) electrons. The highest BCUT2D eigenvalue weighted by Gasteiger charge is 2.15. The van der Waals surface area contributed by atoms with Crippen LogP contribution in [0, 0.1) is 18.8 Å². The van der Waals surface area contributed by atoms with Crippen LogP contribution in [0.4, 0.5) is 0 Å². The summed E-state index contributed by atoms with van der Waals surface area (Å²) in [6.07, 6.45) is 1.14. The van der Waals surface area contributed by atoms with Crippen molar-refractivity contribution in [3.8, 4) is 11.8 Å². The van der Waals surface area contributed by atoms with Crippen molar-refractivity contribution in [2.45, 2.75) is 26.4 Å². The summed E-state index contributed by atoms with van der Waals surface area (Å²) in [5.74, 6) is 6.40. The van der Waals surface area contributed by atoms with E-state index in [4.69, 9.17) is 0 Å². The SMILES string of the molecule is Cc1nc(C#Cc2cccc(CN3CCc4ccccc4C3)c2)cs1. The molecule has 0 N–H and O–H groups in total. The molecule has 3 heteroatoms. The van der Waals surface area contributed by atoms with E-state index in [2.05, 4.69) is 70.3 Å². The number of fused-ring (bicyclic) bond motifs is 1. The molecular weight excluding hydrogens is 324 g/mol. The van der Waals surface area contributed by atoms with Crippen LogP contribution in [-0.2, 0) is 19.5 Å². The van der Waals surface area contributed by atoms with Gasteiger partial charge in [0.1, 0.15) is 5.69 Å². The van der Waals surface area contributed by atoms with Gasteiger partial charge in [0.25, 0.3) is 0 Å². The Kier molecular flexibility index (Phi) is 4.65. The Hall–Kier alpha value is -2.41. The molecule has 0 fully saturated rings. The largest absolute Gasteiger partial charge is 0.294 e. The van der Waals surface area contributed by atoms with Crippen molar-refractivity contribution in [1.29, 1.82) is 0 Å². The number of hydrogen-bond acceptors (Lipinski definition) is 3. The third-order valence-corrected chi connectivity index (χ3v) is 5.27. The van der Waals surface area contributed by atoms with Crippen LogP contribution in [0.2, 0.25) is 0 Å². The fourth-order valence-corrected chi connectivity index (χ4v) is 3.80. The van der Waals surface area contributed by atoms with Gasteiger partial charge in [-0.15, -0.1) is 11.3 Å². The lowest BCUT2D eigenvalue weighted by Gasteiger charge is -2.28. The van der Waals surface area contributed by atoms with E-state index in [0.717, 1.165) is 42.3 Å². The van der Waals surface area contributed by atoms with E-state index in [-0.39, 0.29) is 0 Å². The van der Waals surface area contributed by atoms with Gasteiger partial charge in [0.2, 0.25) is 0 Å². The summed E-state index contributed by atoms with van der Waals surface area (Å²) in [7, 11) is 0. The molecular formula is C22H20N2S. The molecule has 0 bridgehead atoms. The summed E-state index contributed by atoms with van der Waals surface area (Å²) in [4.78, 5) is 6.91. The molecule has 1 aliphatic rings. The zero-order valence-corrected chi connectivity index (χ0v) is 15.1. The van der Waals surface area contributed by atoms with Gasteiger partial charge in [-0.1, -0.05) is 42.3 Å². The smallest absolute Gasteiger partial charge is 0.124 e. The molecule has 2 nitrogen and oxygen atoms in total. The van der Waals surface area contributed by atoms with Crippen LogP contribution in [0.5, 0.6) is 0 Å². The third-order valence-electron chi connectivity index (χ3n) is 4.50. The summed E-state index contributed by atoms with van der Waals surface area (Å²) in [6, 6.07) is 17.3. The van der Waals surface area contributed by atoms with Crippen molar-refractivity contribution in [1.82, 2.24) is 9.88 Å². The number of nitrogens with zero attached hydrogens (tertiary/aromatic N) is 2. The Balaban J connectivity index is 1.46. The van der Waals surface area contributed by atoms with Crippen LogP contribution in [0.3, 0.4) is 0 Å². The van der Waals surface area contributed by atoms with Crippen molar-refractivity contribution < 1.29 is 0 Å². The molecule has 0 aliphatic carbocycles. The predicted octanol–water partition coefficient (Wildman–Crippen LogP) is 4.41. The van der Waals surface area contributed by atoms with Gasteiger partial charge in [-0.25, -0.2) is 4.98 Å². The van der Waals surface area contributed by atoms with Crippen LogP contribution in [-0.4, -0.2) is 16.4 Å². The highest BCUT2D eigenvalue weighted by atomic mass is 32.1. The Morgan fingerprint density at radius 1 is 1.08 bits per heavy atom. The second kappa shape index (κ2) is 7.23. The molecule has 2 aromatic carbocycles. The van der Waals surface area contributed by atoms with Gasteiger partial charge in [-0.05, 0) is 48.1 Å². The molecule has 0 saturated carbocycles. The summed E-state index contributed by atoms with van der Waals surface area (Å²) in [6.45, 7) is 5.13. The van der Waals surface area contributed by atoms with Gasteiger partial charge in [0, 0.05) is 30.6 Å². The lowest BCUT2D eigenvalue weighted by molar-refractivity contribution is 0.245. The van der Waals surface area contributed by atoms with Gasteiger partial charge in [0.05, 0.1) is 5.01 Å². The van der Waals surface area contributed by atoms with Crippen LogP contribution in [0.1, 0.15) is 33.0 Å². The van der Waals surface area contributed by atoms with Gasteiger partial charge < -0.3 is 0 Å². The molecule has 4 rings (SSSR count). The van der Waals surface area contributed by atoms with E-state index in [9.17, 15) is 0 Å². The Labute approximate surface area is 153 Å². The minimum absolute atomic E-state index is 0.862. The second-order valence-corrected chi connectivity index (χ2v) is 7.49. The molecule has 25 heavy (non-hydrogen) atoms. The maximum atomic E-state index is 4.40. The van der Waals surface area contributed by atoms with E-state index >= 15 is 0 Å². The van der Waals surface area contributed by atoms with E-state index < -0.39 is 0 Å². The molecule has 0 atom stereocenters. The summed E-state index contributed by atoms with van der Waals surface area (Å²) in [5, 5.41) is 3.07. The number of aryl methyl sites for hydroxylation is 1. The molecule has 1 aliphatic heterocycles. The van der Waals surface area contributed by atoms with E-state index in [0.29, 0.717) is 0 Å². The zero-order chi connectivity index (χ0) is 17.1. The first-order valence-electron chi connectivity index (χ1n) is 8.58. The first kappa shape index (κ1) is 16.1. The van der Waals surface area contributed by atoms with Crippen LogP contribution >= 0.6 is 11.3 Å². The number of aromatic nitrogens is 1. The minimum atomic E-state index is 0.862. The minimum Gasteiger partial charge on any atom is -0.294 e. The van der Waals surface area contributed by atoms with Crippen molar-refractivity contribution in [2.75, 3.05) is 6.54 Å². The van der Waals surface area contributed by atoms with Crippen LogP contribution < -0.4 is 0 Å². The molecule has 1 aromatic heterocycles. The average molecular weight is 344 g/mol. The maximum Gasteiger partial charge on any atom is 0.124 e. The normalized spacial score (nSPS) is 13.8. The number of rotatable bonds is 2. The summed E-state index contributed by atoms with van der Waals surface area (Å²) >= 11 is 1.64. The van der Waals surface area contributed by atoms with Crippen molar-refractivity contribution in [3.63, 3.8) is 0 Å². The fraction of sp³-hybridized carbons (Fsp3) is 0.227. The lowest BCUT2D eigenvalue weighted by atomic mass is 9.99. The number of thiazole rings is 1. The first-order chi connectivity index (χ1) is 12.3. The summed E-state index contributed by atoms with van der Waals surface area (Å²) in [5.41, 5.74) is 6.20. The third kappa shape index (κ3) is 3.99. The topological polar surface area (TPSA) is 16.1 Å². The molecule has 0 saturated heterocycles. The zero-order valence-electron chi connectivity index (χ0n) is 14.3. The Morgan fingerprint density at radius 2 is 1.96 bits per heavy atom. The predicted molar refractivity (Wildman–Crippen MR) is 104 cm³/mol. The van der Waals surface area contributed by atoms with Crippen molar-refractivity contribution in [3.05, 3.63) is 86.9 Å². The average Bonchev–Trinajstić information content (AvgIpc) is 3.06. The van der Waals surface area contributed by atoms with E-state index in [1.54, 1.807) is 11.3 Å². The van der Waals surface area contributed by atoms with Gasteiger partial charge in [0.15, 0.2) is 0 Å². The molecule has 2 heterocycles. The van der Waals surface area contributed by atoms with Crippen LogP contribution in [0.15, 0.2) is 53.9 Å². The van der Waals surface area contributed by atoms with Gasteiger partial charge in [-0.3, -0.25) is 4.90 Å². The molecule has 124 valence electrons. The van der Waals surface area contributed by atoms with Crippen LogP contribution in [0.25, 0.3) is 0 Å². The molecule has 0 unspecified atom stereocenters. The molecule has 0 spiro atoms. The molecule has 3 aromatic rings. The quantitative estimate of drug-likeness (QED) is 0.640. The van der Waals surface area contributed by atoms with E-state index in [1.165, 1.54) is 16.7 Å².